The Labute approximate surface area is 119 Å². The molecule has 2 aromatic rings. The monoisotopic (exact) mass is 272 g/mol. The summed E-state index contributed by atoms with van der Waals surface area (Å²) in [5.74, 6) is 1.98. The highest BCUT2D eigenvalue weighted by atomic mass is 16.5. The zero-order chi connectivity index (χ0) is 13.9. The Hall–Kier alpha value is -1.85. The maximum absolute atomic E-state index is 6.01. The minimum Gasteiger partial charge on any atom is -0.497 e. The number of fused-ring (bicyclic) bond motifs is 1. The Bertz CT molecular complexity index is 581. The van der Waals surface area contributed by atoms with E-state index in [4.69, 9.17) is 10.5 Å². The molecule has 1 aliphatic heterocycles. The molecule has 20 heavy (non-hydrogen) atoms. The number of benzene rings is 1. The summed E-state index contributed by atoms with van der Waals surface area (Å²) >= 11 is 0. The van der Waals surface area contributed by atoms with Crippen LogP contribution in [0.15, 0.2) is 36.7 Å². The maximum atomic E-state index is 6.01. The van der Waals surface area contributed by atoms with E-state index in [2.05, 4.69) is 26.6 Å². The highest BCUT2D eigenvalue weighted by Gasteiger charge is 2.24. The summed E-state index contributed by atoms with van der Waals surface area (Å²) in [6.45, 7) is 3.39. The van der Waals surface area contributed by atoms with Gasteiger partial charge in [-0.15, -0.1) is 0 Å². The number of nitrogens with zero attached hydrogens (tertiary/aromatic N) is 3. The van der Waals surface area contributed by atoms with Crippen molar-refractivity contribution in [2.45, 2.75) is 19.1 Å². The van der Waals surface area contributed by atoms with Crippen LogP contribution in [-0.2, 0) is 13.1 Å². The van der Waals surface area contributed by atoms with Gasteiger partial charge in [0.05, 0.1) is 13.7 Å². The van der Waals surface area contributed by atoms with Crippen LogP contribution in [-0.4, -0.2) is 34.7 Å². The van der Waals surface area contributed by atoms with E-state index in [0.29, 0.717) is 6.54 Å². The first-order valence-corrected chi connectivity index (χ1v) is 6.90. The molecule has 0 amide bonds. The van der Waals surface area contributed by atoms with Crippen LogP contribution < -0.4 is 10.5 Å². The van der Waals surface area contributed by atoms with Gasteiger partial charge in [0.1, 0.15) is 11.6 Å². The molecule has 0 aliphatic carbocycles. The summed E-state index contributed by atoms with van der Waals surface area (Å²) < 4.78 is 7.51. The molecule has 1 atom stereocenters. The van der Waals surface area contributed by atoms with Gasteiger partial charge in [-0.3, -0.25) is 4.90 Å². The van der Waals surface area contributed by atoms with Crippen LogP contribution in [0.25, 0.3) is 0 Å². The number of hydrogen-bond donors (Lipinski definition) is 1. The topological polar surface area (TPSA) is 56.3 Å². The fraction of sp³-hybridized carbons (Fsp3) is 0.400. The van der Waals surface area contributed by atoms with Crippen molar-refractivity contribution in [3.8, 4) is 5.75 Å². The Morgan fingerprint density at radius 2 is 2.30 bits per heavy atom. The summed E-state index contributed by atoms with van der Waals surface area (Å²) in [4.78, 5) is 6.79. The lowest BCUT2D eigenvalue weighted by molar-refractivity contribution is 0.156. The van der Waals surface area contributed by atoms with E-state index in [0.717, 1.165) is 31.2 Å². The van der Waals surface area contributed by atoms with Gasteiger partial charge in [0.25, 0.3) is 0 Å². The molecule has 2 heterocycles. The Balaban J connectivity index is 1.83. The molecule has 5 heteroatoms. The van der Waals surface area contributed by atoms with Crippen molar-refractivity contribution in [2.75, 3.05) is 20.2 Å². The summed E-state index contributed by atoms with van der Waals surface area (Å²) in [6.07, 6.45) is 3.90. The van der Waals surface area contributed by atoms with Crippen molar-refractivity contribution >= 4 is 0 Å². The fourth-order valence-electron chi connectivity index (χ4n) is 2.80. The molecule has 1 aliphatic rings. The fourth-order valence-corrected chi connectivity index (χ4v) is 2.80. The molecule has 0 saturated carbocycles. The van der Waals surface area contributed by atoms with E-state index in [1.807, 2.05) is 24.5 Å². The van der Waals surface area contributed by atoms with Gasteiger partial charge in [-0.1, -0.05) is 12.1 Å². The van der Waals surface area contributed by atoms with E-state index in [9.17, 15) is 0 Å². The molecular weight excluding hydrogens is 252 g/mol. The quantitative estimate of drug-likeness (QED) is 0.914. The third-order valence-electron chi connectivity index (χ3n) is 3.92. The van der Waals surface area contributed by atoms with Gasteiger partial charge in [-0.05, 0) is 17.7 Å². The molecule has 0 bridgehead atoms. The van der Waals surface area contributed by atoms with Crippen molar-refractivity contribution in [1.29, 1.82) is 0 Å². The molecule has 0 saturated heterocycles. The van der Waals surface area contributed by atoms with E-state index in [1.165, 1.54) is 5.56 Å². The second-order valence-electron chi connectivity index (χ2n) is 5.04. The standard InChI is InChI=1S/C15H20N4O/c1-20-13-4-2-3-12(9-13)14(10-16)19-8-7-18-6-5-17-15(18)11-19/h2-6,9,14H,7-8,10-11,16H2,1H3. The van der Waals surface area contributed by atoms with Crippen molar-refractivity contribution in [1.82, 2.24) is 14.5 Å². The number of hydrogen-bond acceptors (Lipinski definition) is 4. The number of imidazole rings is 1. The minimum absolute atomic E-state index is 0.204. The Morgan fingerprint density at radius 1 is 1.40 bits per heavy atom. The highest BCUT2D eigenvalue weighted by Crippen LogP contribution is 2.26. The van der Waals surface area contributed by atoms with Crippen molar-refractivity contribution in [3.63, 3.8) is 0 Å². The molecule has 0 radical (unpaired) electrons. The zero-order valence-corrected chi connectivity index (χ0v) is 11.7. The molecule has 3 rings (SSSR count). The first-order valence-electron chi connectivity index (χ1n) is 6.90. The normalized spacial score (nSPS) is 16.7. The smallest absolute Gasteiger partial charge is 0.122 e. The van der Waals surface area contributed by atoms with E-state index < -0.39 is 0 Å². The number of methoxy groups -OCH3 is 1. The summed E-state index contributed by atoms with van der Waals surface area (Å²) in [5, 5.41) is 0. The molecule has 0 fully saturated rings. The lowest BCUT2D eigenvalue weighted by atomic mass is 10.0. The molecule has 2 N–H and O–H groups in total. The van der Waals surface area contributed by atoms with E-state index in [-0.39, 0.29) is 6.04 Å². The van der Waals surface area contributed by atoms with Gasteiger partial charge < -0.3 is 15.0 Å². The third kappa shape index (κ3) is 2.42. The SMILES string of the molecule is COc1cccc(C(CN)N2CCn3ccnc3C2)c1. The second kappa shape index (κ2) is 5.64. The van der Waals surface area contributed by atoms with Gasteiger partial charge in [0, 0.05) is 38.1 Å². The minimum atomic E-state index is 0.204. The number of aromatic nitrogens is 2. The van der Waals surface area contributed by atoms with E-state index >= 15 is 0 Å². The van der Waals surface area contributed by atoms with Gasteiger partial charge in [0.2, 0.25) is 0 Å². The lowest BCUT2D eigenvalue weighted by Gasteiger charge is -2.34. The van der Waals surface area contributed by atoms with E-state index in [1.54, 1.807) is 7.11 Å². The van der Waals surface area contributed by atoms with Crippen LogP contribution in [0.3, 0.4) is 0 Å². The third-order valence-corrected chi connectivity index (χ3v) is 3.92. The molecule has 1 unspecified atom stereocenters. The zero-order valence-electron chi connectivity index (χ0n) is 11.7. The lowest BCUT2D eigenvalue weighted by Crippen LogP contribution is -2.39. The predicted molar refractivity (Wildman–Crippen MR) is 77.4 cm³/mol. The Kier molecular flexibility index (Phi) is 3.71. The highest BCUT2D eigenvalue weighted by molar-refractivity contribution is 5.31. The number of rotatable bonds is 4. The largest absolute Gasteiger partial charge is 0.497 e. The van der Waals surface area contributed by atoms with Crippen LogP contribution >= 0.6 is 0 Å². The predicted octanol–water partition coefficient (Wildman–Crippen LogP) is 1.41. The van der Waals surface area contributed by atoms with Crippen LogP contribution in [0.1, 0.15) is 17.4 Å². The Morgan fingerprint density at radius 3 is 3.10 bits per heavy atom. The van der Waals surface area contributed by atoms with Crippen LogP contribution in [0.5, 0.6) is 5.75 Å². The summed E-state index contributed by atoms with van der Waals surface area (Å²) in [6, 6.07) is 8.36. The van der Waals surface area contributed by atoms with Gasteiger partial charge in [-0.2, -0.15) is 0 Å². The molecule has 106 valence electrons. The van der Waals surface area contributed by atoms with Crippen LogP contribution in [0.2, 0.25) is 0 Å². The van der Waals surface area contributed by atoms with Crippen LogP contribution in [0, 0.1) is 0 Å². The average molecular weight is 272 g/mol. The van der Waals surface area contributed by atoms with Crippen molar-refractivity contribution in [2.24, 2.45) is 5.73 Å². The van der Waals surface area contributed by atoms with Crippen molar-refractivity contribution in [3.05, 3.63) is 48.0 Å². The summed E-state index contributed by atoms with van der Waals surface area (Å²) in [5.41, 5.74) is 7.21. The van der Waals surface area contributed by atoms with Crippen LogP contribution in [0.4, 0.5) is 0 Å². The van der Waals surface area contributed by atoms with Gasteiger partial charge in [-0.25, -0.2) is 4.98 Å². The summed E-state index contributed by atoms with van der Waals surface area (Å²) in [7, 11) is 1.69. The molecule has 0 spiro atoms. The first-order chi connectivity index (χ1) is 9.81. The average Bonchev–Trinajstić information content (AvgIpc) is 2.96. The van der Waals surface area contributed by atoms with Crippen molar-refractivity contribution < 1.29 is 4.74 Å². The number of ether oxygens (including phenoxy) is 1. The van der Waals surface area contributed by atoms with Gasteiger partial charge >= 0.3 is 0 Å². The molecular formula is C15H20N4O. The maximum Gasteiger partial charge on any atom is 0.122 e. The number of nitrogens with two attached hydrogens (primary N) is 1. The first kappa shape index (κ1) is 13.1. The second-order valence-corrected chi connectivity index (χ2v) is 5.04. The van der Waals surface area contributed by atoms with Gasteiger partial charge in [0.15, 0.2) is 0 Å². The molecule has 1 aromatic carbocycles. The molecule has 1 aromatic heterocycles. The molecule has 5 nitrogen and oxygen atoms in total.